The van der Waals surface area contributed by atoms with Gasteiger partial charge in [-0.3, -0.25) is 14.5 Å². The van der Waals surface area contributed by atoms with Crippen molar-refractivity contribution in [3.05, 3.63) is 49.8 Å². The first-order valence-corrected chi connectivity index (χ1v) is 11.2. The molecule has 1 unspecified atom stereocenters. The molecule has 2 aliphatic heterocycles. The topological polar surface area (TPSA) is 69.3 Å². The molecule has 2 aromatic heterocycles. The Morgan fingerprint density at radius 3 is 3.07 bits per heavy atom. The van der Waals surface area contributed by atoms with Crippen LogP contribution in [0.1, 0.15) is 60.5 Å². The van der Waals surface area contributed by atoms with E-state index in [2.05, 4.69) is 27.4 Å². The third-order valence-corrected chi connectivity index (χ3v) is 6.61. The Hall–Kier alpha value is -1.99. The molecule has 1 N–H and O–H groups in total. The Morgan fingerprint density at radius 2 is 2.29 bits per heavy atom. The second-order valence-electron chi connectivity index (χ2n) is 7.85. The molecule has 1 saturated heterocycles. The normalized spacial score (nSPS) is 20.2. The van der Waals surface area contributed by atoms with Crippen molar-refractivity contribution >= 4 is 17.2 Å². The summed E-state index contributed by atoms with van der Waals surface area (Å²) in [5.74, 6) is 1.12. The van der Waals surface area contributed by atoms with E-state index < -0.39 is 0 Å². The molecule has 0 aromatic carbocycles. The van der Waals surface area contributed by atoms with Gasteiger partial charge in [0.05, 0.1) is 11.3 Å². The maximum Gasteiger partial charge on any atom is 0.255 e. The minimum atomic E-state index is -0.00659. The number of hydrogen-bond acceptors (Lipinski definition) is 5. The van der Waals surface area contributed by atoms with Crippen LogP contribution in [0.4, 0.5) is 0 Å². The van der Waals surface area contributed by atoms with Crippen LogP contribution in [-0.2, 0) is 24.3 Å². The molecule has 28 heavy (non-hydrogen) atoms. The molecule has 6 nitrogen and oxygen atoms in total. The molecule has 0 saturated carbocycles. The molecule has 1 amide bonds. The molecule has 2 aliphatic rings. The van der Waals surface area contributed by atoms with Crippen LogP contribution >= 0.6 is 11.3 Å². The van der Waals surface area contributed by atoms with E-state index in [9.17, 15) is 9.59 Å². The first-order chi connectivity index (χ1) is 13.6. The van der Waals surface area contributed by atoms with Crippen LogP contribution in [0.25, 0.3) is 0 Å². The fourth-order valence-corrected chi connectivity index (χ4v) is 5.00. The average molecular weight is 401 g/mol. The Balaban J connectivity index is 1.48. The SMILES string of the molecule is CCCC(=O)N1CCCC(c2nc3c(c(=O)[nH]2)CN(Cc2cccs2)CC3)C1. The van der Waals surface area contributed by atoms with E-state index in [1.54, 1.807) is 11.3 Å². The number of H-pyrrole nitrogens is 1. The standard InChI is InChI=1S/C21H28N4O2S/c1-2-5-19(26)25-9-3-6-15(12-25)20-22-18-8-10-24(13-16-7-4-11-28-16)14-17(18)21(27)23-20/h4,7,11,15H,2-3,5-6,8-10,12-14H2,1H3,(H,22,23,27). The highest BCUT2D eigenvalue weighted by molar-refractivity contribution is 7.09. The van der Waals surface area contributed by atoms with E-state index >= 15 is 0 Å². The molecule has 0 spiro atoms. The van der Waals surface area contributed by atoms with Crippen LogP contribution in [0.5, 0.6) is 0 Å². The van der Waals surface area contributed by atoms with Gasteiger partial charge in [-0.25, -0.2) is 4.98 Å². The number of aromatic amines is 1. The van der Waals surface area contributed by atoms with Gasteiger partial charge in [0.15, 0.2) is 0 Å². The number of aromatic nitrogens is 2. The van der Waals surface area contributed by atoms with Gasteiger partial charge in [0, 0.05) is 56.4 Å². The summed E-state index contributed by atoms with van der Waals surface area (Å²) in [5, 5.41) is 2.09. The van der Waals surface area contributed by atoms with Crippen molar-refractivity contribution in [2.75, 3.05) is 19.6 Å². The molecule has 1 atom stereocenters. The number of nitrogens with zero attached hydrogens (tertiary/aromatic N) is 3. The first kappa shape index (κ1) is 19.3. The van der Waals surface area contributed by atoms with E-state index in [0.29, 0.717) is 19.5 Å². The summed E-state index contributed by atoms with van der Waals surface area (Å²) < 4.78 is 0. The number of fused-ring (bicyclic) bond motifs is 1. The average Bonchev–Trinajstić information content (AvgIpc) is 3.21. The van der Waals surface area contributed by atoms with Crippen LogP contribution in [0.15, 0.2) is 22.3 Å². The van der Waals surface area contributed by atoms with Crippen molar-refractivity contribution in [3.63, 3.8) is 0 Å². The van der Waals surface area contributed by atoms with Gasteiger partial charge in [-0.05, 0) is 30.7 Å². The van der Waals surface area contributed by atoms with E-state index in [4.69, 9.17) is 4.98 Å². The van der Waals surface area contributed by atoms with Gasteiger partial charge in [-0.15, -0.1) is 11.3 Å². The fourth-order valence-electron chi connectivity index (χ4n) is 4.25. The summed E-state index contributed by atoms with van der Waals surface area (Å²) in [6, 6.07) is 4.21. The summed E-state index contributed by atoms with van der Waals surface area (Å²) in [6.45, 7) is 5.99. The van der Waals surface area contributed by atoms with Gasteiger partial charge in [0.25, 0.3) is 5.56 Å². The predicted molar refractivity (Wildman–Crippen MR) is 110 cm³/mol. The Bertz CT molecular complexity index is 877. The van der Waals surface area contributed by atoms with Gasteiger partial charge in [0.1, 0.15) is 5.82 Å². The second kappa shape index (κ2) is 8.57. The van der Waals surface area contributed by atoms with Crippen LogP contribution in [-0.4, -0.2) is 45.3 Å². The van der Waals surface area contributed by atoms with E-state index in [1.165, 1.54) is 4.88 Å². The highest BCUT2D eigenvalue weighted by Crippen LogP contribution is 2.26. The minimum Gasteiger partial charge on any atom is -0.342 e. The molecule has 4 heterocycles. The Labute approximate surface area is 169 Å². The number of likely N-dealkylation sites (tertiary alicyclic amines) is 1. The molecule has 0 aliphatic carbocycles. The molecular weight excluding hydrogens is 372 g/mol. The van der Waals surface area contributed by atoms with E-state index in [1.807, 2.05) is 11.8 Å². The fraction of sp³-hybridized carbons (Fsp3) is 0.571. The van der Waals surface area contributed by atoms with Gasteiger partial charge < -0.3 is 9.88 Å². The number of rotatable bonds is 5. The minimum absolute atomic E-state index is 0.00659. The Kier molecular flexibility index (Phi) is 5.92. The summed E-state index contributed by atoms with van der Waals surface area (Å²) >= 11 is 1.75. The molecule has 2 aromatic rings. The predicted octanol–water partition coefficient (Wildman–Crippen LogP) is 2.90. The molecular formula is C21H28N4O2S. The van der Waals surface area contributed by atoms with Gasteiger partial charge >= 0.3 is 0 Å². The number of nitrogens with one attached hydrogen (secondary N) is 1. The molecule has 150 valence electrons. The van der Waals surface area contributed by atoms with E-state index in [0.717, 1.165) is 62.4 Å². The van der Waals surface area contributed by atoms with E-state index in [-0.39, 0.29) is 17.4 Å². The lowest BCUT2D eigenvalue weighted by Gasteiger charge is -2.33. The number of carbonyl (C=O) groups excluding carboxylic acids is 1. The quantitative estimate of drug-likeness (QED) is 0.838. The third kappa shape index (κ3) is 4.20. The highest BCUT2D eigenvalue weighted by atomic mass is 32.1. The zero-order valence-electron chi connectivity index (χ0n) is 16.4. The van der Waals surface area contributed by atoms with Crippen molar-refractivity contribution in [1.82, 2.24) is 19.8 Å². The summed E-state index contributed by atoms with van der Waals surface area (Å²) in [4.78, 5) is 38.5. The molecule has 1 fully saturated rings. The molecule has 4 rings (SSSR count). The number of hydrogen-bond donors (Lipinski definition) is 1. The maximum atomic E-state index is 12.8. The van der Waals surface area contributed by atoms with Crippen LogP contribution < -0.4 is 5.56 Å². The van der Waals surface area contributed by atoms with Crippen molar-refractivity contribution in [3.8, 4) is 0 Å². The van der Waals surface area contributed by atoms with Crippen molar-refractivity contribution in [2.45, 2.75) is 58.0 Å². The van der Waals surface area contributed by atoms with Crippen LogP contribution in [0.2, 0.25) is 0 Å². The zero-order valence-corrected chi connectivity index (χ0v) is 17.3. The molecule has 7 heteroatoms. The molecule has 0 radical (unpaired) electrons. The third-order valence-electron chi connectivity index (χ3n) is 5.75. The lowest BCUT2D eigenvalue weighted by atomic mass is 9.96. The number of piperidine rings is 1. The van der Waals surface area contributed by atoms with Crippen LogP contribution in [0, 0.1) is 0 Å². The first-order valence-electron chi connectivity index (χ1n) is 10.3. The van der Waals surface area contributed by atoms with Gasteiger partial charge in [-0.2, -0.15) is 0 Å². The zero-order chi connectivity index (χ0) is 19.5. The highest BCUT2D eigenvalue weighted by Gasteiger charge is 2.28. The molecule has 0 bridgehead atoms. The van der Waals surface area contributed by atoms with Gasteiger partial charge in [-0.1, -0.05) is 13.0 Å². The smallest absolute Gasteiger partial charge is 0.255 e. The van der Waals surface area contributed by atoms with Crippen molar-refractivity contribution in [1.29, 1.82) is 0 Å². The van der Waals surface area contributed by atoms with Crippen molar-refractivity contribution in [2.24, 2.45) is 0 Å². The van der Waals surface area contributed by atoms with Crippen LogP contribution in [0.3, 0.4) is 0 Å². The largest absolute Gasteiger partial charge is 0.342 e. The Morgan fingerprint density at radius 1 is 1.39 bits per heavy atom. The lowest BCUT2D eigenvalue weighted by Crippen LogP contribution is -2.41. The number of amides is 1. The second-order valence-corrected chi connectivity index (χ2v) is 8.88. The number of thiophene rings is 1. The summed E-state index contributed by atoms with van der Waals surface area (Å²) in [7, 11) is 0. The summed E-state index contributed by atoms with van der Waals surface area (Å²) in [5.41, 5.74) is 1.74. The lowest BCUT2D eigenvalue weighted by molar-refractivity contribution is -0.132. The van der Waals surface area contributed by atoms with Crippen molar-refractivity contribution < 1.29 is 4.79 Å². The number of carbonyl (C=O) groups is 1. The maximum absolute atomic E-state index is 12.8. The van der Waals surface area contributed by atoms with Gasteiger partial charge in [0.2, 0.25) is 5.91 Å². The monoisotopic (exact) mass is 400 g/mol. The summed E-state index contributed by atoms with van der Waals surface area (Å²) in [6.07, 6.45) is 4.22.